The van der Waals surface area contributed by atoms with Gasteiger partial charge in [-0.15, -0.1) is 5.73 Å². The van der Waals surface area contributed by atoms with E-state index >= 15 is 0 Å². The molecule has 0 aliphatic carbocycles. The minimum absolute atomic E-state index is 0.123. The van der Waals surface area contributed by atoms with Gasteiger partial charge in [-0.1, -0.05) is 67.2 Å². The Bertz CT molecular complexity index is 703. The monoisotopic (exact) mass is 291 g/mol. The van der Waals surface area contributed by atoms with Gasteiger partial charge in [-0.2, -0.15) is 0 Å². The zero-order valence-corrected chi connectivity index (χ0v) is 12.2. The fourth-order valence-corrected chi connectivity index (χ4v) is 2.66. The van der Waals surface area contributed by atoms with Crippen molar-refractivity contribution in [1.29, 1.82) is 0 Å². The van der Waals surface area contributed by atoms with Crippen LogP contribution in [0.5, 0.6) is 0 Å². The molecule has 0 unspecified atom stereocenters. The fourth-order valence-electron chi connectivity index (χ4n) is 2.66. The van der Waals surface area contributed by atoms with Crippen molar-refractivity contribution in [3.05, 3.63) is 89.8 Å². The van der Waals surface area contributed by atoms with E-state index in [1.165, 1.54) is 0 Å². The van der Waals surface area contributed by atoms with Gasteiger partial charge in [-0.05, 0) is 11.1 Å². The van der Waals surface area contributed by atoms with E-state index in [2.05, 4.69) is 12.3 Å². The molecule has 1 fully saturated rings. The van der Waals surface area contributed by atoms with Crippen LogP contribution >= 0.6 is 0 Å². The standard InChI is InChI=1S/C19H17NO2/c1-2-17(13-15-9-5-3-6-10-15)20-18(14-22-19(20)21)16-11-7-4-8-12-16/h3-12,18H,1,13-14H2/t18-/m1/s1. The molecule has 22 heavy (non-hydrogen) atoms. The van der Waals surface area contributed by atoms with Crippen molar-refractivity contribution in [2.24, 2.45) is 0 Å². The fraction of sp³-hybridized carbons (Fsp3) is 0.158. The SMILES string of the molecule is C=C=C(Cc1ccccc1)N1C(=O)OC[C@@H]1c1ccccc1. The lowest BCUT2D eigenvalue weighted by atomic mass is 10.0. The largest absolute Gasteiger partial charge is 0.447 e. The third-order valence-corrected chi connectivity index (χ3v) is 3.77. The summed E-state index contributed by atoms with van der Waals surface area (Å²) in [5.74, 6) is 0. The van der Waals surface area contributed by atoms with Crippen LogP contribution in [0.2, 0.25) is 0 Å². The van der Waals surface area contributed by atoms with Crippen LogP contribution < -0.4 is 0 Å². The molecule has 0 spiro atoms. The smallest absolute Gasteiger partial charge is 0.415 e. The summed E-state index contributed by atoms with van der Waals surface area (Å²) in [5, 5.41) is 0. The van der Waals surface area contributed by atoms with Crippen molar-refractivity contribution in [1.82, 2.24) is 4.90 Å². The number of allylic oxidation sites excluding steroid dienone is 1. The molecule has 3 heteroatoms. The maximum Gasteiger partial charge on any atom is 0.415 e. The van der Waals surface area contributed by atoms with Crippen molar-refractivity contribution in [3.63, 3.8) is 0 Å². The Balaban J connectivity index is 1.89. The Kier molecular flexibility index (Phi) is 4.08. The van der Waals surface area contributed by atoms with E-state index in [-0.39, 0.29) is 12.1 Å². The number of cyclic esters (lactones) is 1. The van der Waals surface area contributed by atoms with Gasteiger partial charge >= 0.3 is 6.09 Å². The summed E-state index contributed by atoms with van der Waals surface area (Å²) in [5.41, 5.74) is 5.81. The van der Waals surface area contributed by atoms with Crippen LogP contribution in [0, 0.1) is 0 Å². The lowest BCUT2D eigenvalue weighted by Gasteiger charge is -2.23. The molecule has 0 saturated carbocycles. The molecule has 0 bridgehead atoms. The minimum Gasteiger partial charge on any atom is -0.447 e. The Hall–Kier alpha value is -2.77. The van der Waals surface area contributed by atoms with E-state index < -0.39 is 0 Å². The van der Waals surface area contributed by atoms with Crippen molar-refractivity contribution >= 4 is 6.09 Å². The Morgan fingerprint density at radius 2 is 1.77 bits per heavy atom. The van der Waals surface area contributed by atoms with Crippen LogP contribution in [0.1, 0.15) is 17.2 Å². The molecule has 2 aromatic carbocycles. The minimum atomic E-state index is -0.337. The second-order valence-electron chi connectivity index (χ2n) is 5.16. The summed E-state index contributed by atoms with van der Waals surface area (Å²) in [6.07, 6.45) is 0.263. The highest BCUT2D eigenvalue weighted by Gasteiger charge is 2.36. The Morgan fingerprint density at radius 1 is 1.14 bits per heavy atom. The highest BCUT2D eigenvalue weighted by molar-refractivity contribution is 5.73. The molecule has 110 valence electrons. The summed E-state index contributed by atoms with van der Waals surface area (Å²) in [4.78, 5) is 13.8. The average molecular weight is 291 g/mol. The van der Waals surface area contributed by atoms with Crippen LogP contribution in [-0.4, -0.2) is 17.6 Å². The Labute approximate surface area is 130 Å². The van der Waals surface area contributed by atoms with Gasteiger partial charge < -0.3 is 4.74 Å². The number of carbonyl (C=O) groups is 1. The molecule has 0 aromatic heterocycles. The van der Waals surface area contributed by atoms with Crippen molar-refractivity contribution in [2.75, 3.05) is 6.61 Å². The molecule has 1 saturated heterocycles. The number of carbonyl (C=O) groups excluding carboxylic acids is 1. The molecule has 1 heterocycles. The zero-order chi connectivity index (χ0) is 15.4. The van der Waals surface area contributed by atoms with Crippen molar-refractivity contribution < 1.29 is 9.53 Å². The summed E-state index contributed by atoms with van der Waals surface area (Å²) in [6.45, 7) is 4.10. The van der Waals surface area contributed by atoms with Crippen LogP contribution in [-0.2, 0) is 11.2 Å². The highest BCUT2D eigenvalue weighted by Crippen LogP contribution is 2.32. The van der Waals surface area contributed by atoms with Gasteiger partial charge in [0.15, 0.2) is 0 Å². The predicted octanol–water partition coefficient (Wildman–Crippen LogP) is 4.09. The van der Waals surface area contributed by atoms with Gasteiger partial charge in [0.05, 0.1) is 11.7 Å². The number of nitrogens with zero attached hydrogens (tertiary/aromatic N) is 1. The molecule has 3 rings (SSSR count). The molecule has 0 N–H and O–H groups in total. The van der Waals surface area contributed by atoms with E-state index in [9.17, 15) is 4.79 Å². The van der Waals surface area contributed by atoms with E-state index in [4.69, 9.17) is 4.74 Å². The van der Waals surface area contributed by atoms with Crippen molar-refractivity contribution in [3.8, 4) is 0 Å². The van der Waals surface area contributed by atoms with Gasteiger partial charge in [0.2, 0.25) is 0 Å². The van der Waals surface area contributed by atoms with E-state index in [0.29, 0.717) is 13.0 Å². The first kappa shape index (κ1) is 14.2. The van der Waals surface area contributed by atoms with Crippen LogP contribution in [0.25, 0.3) is 0 Å². The molecular formula is C19H17NO2. The summed E-state index contributed by atoms with van der Waals surface area (Å²) in [6, 6.07) is 19.7. The number of amides is 1. The third-order valence-electron chi connectivity index (χ3n) is 3.77. The number of rotatable bonds is 4. The first-order valence-electron chi connectivity index (χ1n) is 7.23. The first-order valence-corrected chi connectivity index (χ1v) is 7.23. The third kappa shape index (κ3) is 2.80. The molecule has 3 nitrogen and oxygen atoms in total. The normalized spacial score (nSPS) is 17.0. The topological polar surface area (TPSA) is 29.5 Å². The lowest BCUT2D eigenvalue weighted by Crippen LogP contribution is -2.27. The van der Waals surface area contributed by atoms with Gasteiger partial charge in [0.1, 0.15) is 6.61 Å². The highest BCUT2D eigenvalue weighted by atomic mass is 16.6. The second kappa shape index (κ2) is 6.33. The molecule has 1 atom stereocenters. The van der Waals surface area contributed by atoms with Crippen LogP contribution in [0.4, 0.5) is 4.79 Å². The first-order chi connectivity index (χ1) is 10.8. The molecule has 0 radical (unpaired) electrons. The van der Waals surface area contributed by atoms with Gasteiger partial charge in [0, 0.05) is 6.42 Å². The lowest BCUT2D eigenvalue weighted by molar-refractivity contribution is 0.164. The molecule has 1 aliphatic heterocycles. The number of benzene rings is 2. The average Bonchev–Trinajstić information content (AvgIpc) is 2.96. The zero-order valence-electron chi connectivity index (χ0n) is 12.2. The molecule has 2 aromatic rings. The molecular weight excluding hydrogens is 274 g/mol. The molecule has 1 amide bonds. The maximum atomic E-state index is 12.2. The summed E-state index contributed by atoms with van der Waals surface area (Å²) < 4.78 is 5.25. The quantitative estimate of drug-likeness (QED) is 0.794. The van der Waals surface area contributed by atoms with Crippen LogP contribution in [0.3, 0.4) is 0 Å². The molecule has 1 aliphatic rings. The number of ether oxygens (including phenoxy) is 1. The van der Waals surface area contributed by atoms with Gasteiger partial charge in [-0.25, -0.2) is 4.79 Å². The number of hydrogen-bond acceptors (Lipinski definition) is 2. The van der Waals surface area contributed by atoms with E-state index in [1.807, 2.05) is 60.7 Å². The van der Waals surface area contributed by atoms with Gasteiger partial charge in [0.25, 0.3) is 0 Å². The van der Waals surface area contributed by atoms with Crippen molar-refractivity contribution in [2.45, 2.75) is 12.5 Å². The Morgan fingerprint density at radius 3 is 2.41 bits per heavy atom. The van der Waals surface area contributed by atoms with E-state index in [1.54, 1.807) is 4.90 Å². The second-order valence-corrected chi connectivity index (χ2v) is 5.16. The number of hydrogen-bond donors (Lipinski definition) is 0. The van der Waals surface area contributed by atoms with Gasteiger partial charge in [-0.3, -0.25) is 4.90 Å². The van der Waals surface area contributed by atoms with E-state index in [0.717, 1.165) is 16.8 Å². The predicted molar refractivity (Wildman–Crippen MR) is 85.2 cm³/mol. The summed E-state index contributed by atoms with van der Waals surface area (Å²) in [7, 11) is 0. The summed E-state index contributed by atoms with van der Waals surface area (Å²) >= 11 is 0. The maximum absolute atomic E-state index is 12.2. The van der Waals surface area contributed by atoms with Crippen LogP contribution in [0.15, 0.2) is 78.7 Å².